The molecule has 0 amide bonds. The smallest absolute Gasteiger partial charge is 0.384 e. The van der Waals surface area contributed by atoms with Crippen LogP contribution in [0.3, 0.4) is 0 Å². The van der Waals surface area contributed by atoms with Crippen molar-refractivity contribution >= 4 is 5.97 Å². The lowest BCUT2D eigenvalue weighted by molar-refractivity contribution is -0.136. The second kappa shape index (κ2) is 3.62. The van der Waals surface area contributed by atoms with E-state index in [1.807, 2.05) is 0 Å². The molecule has 3 heteroatoms. The Morgan fingerprint density at radius 3 is 3.00 bits per heavy atom. The highest BCUT2D eigenvalue weighted by atomic mass is 16.5. The second-order valence-corrected chi connectivity index (χ2v) is 4.13. The molecular formula is C11H15NO2. The lowest BCUT2D eigenvalue weighted by Crippen LogP contribution is -2.19. The summed E-state index contributed by atoms with van der Waals surface area (Å²) in [6, 6.07) is 0.196. The first-order chi connectivity index (χ1) is 6.74. The first-order valence-electron chi connectivity index (χ1n) is 5.16. The van der Waals surface area contributed by atoms with Gasteiger partial charge in [-0.1, -0.05) is 5.92 Å². The maximum Gasteiger partial charge on any atom is 0.384 e. The lowest BCUT2D eigenvalue weighted by atomic mass is 10.0. The molecule has 1 saturated heterocycles. The third-order valence-electron chi connectivity index (χ3n) is 2.94. The molecule has 1 aliphatic carbocycles. The van der Waals surface area contributed by atoms with Crippen LogP contribution in [0.4, 0.5) is 0 Å². The van der Waals surface area contributed by atoms with Gasteiger partial charge in [-0.3, -0.25) is 0 Å². The quantitative estimate of drug-likeness (QED) is 0.378. The van der Waals surface area contributed by atoms with Gasteiger partial charge in [0.25, 0.3) is 0 Å². The van der Waals surface area contributed by atoms with Crippen molar-refractivity contribution in [2.75, 3.05) is 13.2 Å². The van der Waals surface area contributed by atoms with Crippen LogP contribution in [0, 0.1) is 17.3 Å². The fourth-order valence-corrected chi connectivity index (χ4v) is 1.89. The van der Waals surface area contributed by atoms with Gasteiger partial charge in [0.05, 0.1) is 12.6 Å². The number of carbonyl (C=O) groups is 1. The molecule has 1 heterocycles. The van der Waals surface area contributed by atoms with Crippen molar-refractivity contribution in [2.24, 2.45) is 5.41 Å². The van der Waals surface area contributed by atoms with E-state index in [0.29, 0.717) is 12.0 Å². The summed E-state index contributed by atoms with van der Waals surface area (Å²) in [7, 11) is 0. The van der Waals surface area contributed by atoms with E-state index in [1.54, 1.807) is 6.92 Å². The Balaban J connectivity index is 1.82. The van der Waals surface area contributed by atoms with Crippen molar-refractivity contribution in [1.82, 2.24) is 5.32 Å². The molecule has 0 aromatic carbocycles. The van der Waals surface area contributed by atoms with Crippen molar-refractivity contribution in [1.29, 1.82) is 0 Å². The van der Waals surface area contributed by atoms with Crippen LogP contribution in [0.1, 0.15) is 26.2 Å². The minimum absolute atomic E-state index is 0.196. The Bertz CT molecular complexity index is 296. The van der Waals surface area contributed by atoms with E-state index in [0.717, 1.165) is 13.0 Å². The summed E-state index contributed by atoms with van der Waals surface area (Å²) < 4.78 is 4.73. The first-order valence-corrected chi connectivity index (χ1v) is 5.16. The number of carbonyl (C=O) groups excluding carboxylic acids is 1. The fraction of sp³-hybridized carbons (Fsp3) is 0.727. The molecule has 76 valence electrons. The van der Waals surface area contributed by atoms with Gasteiger partial charge in [-0.2, -0.15) is 0 Å². The molecule has 14 heavy (non-hydrogen) atoms. The summed E-state index contributed by atoms with van der Waals surface area (Å²) in [5, 5.41) is 3.33. The molecule has 0 aromatic rings. The Morgan fingerprint density at radius 1 is 1.64 bits per heavy atom. The third kappa shape index (κ3) is 2.08. The minimum atomic E-state index is -0.411. The Kier molecular flexibility index (Phi) is 2.47. The predicted molar refractivity (Wildman–Crippen MR) is 52.5 cm³/mol. The average molecular weight is 193 g/mol. The molecule has 1 saturated carbocycles. The van der Waals surface area contributed by atoms with E-state index in [-0.39, 0.29) is 6.04 Å². The summed E-state index contributed by atoms with van der Waals surface area (Å²) in [5.74, 6) is 5.03. The number of nitrogens with one attached hydrogen (secondary N) is 1. The number of rotatable bonds is 1. The van der Waals surface area contributed by atoms with Gasteiger partial charge < -0.3 is 10.1 Å². The van der Waals surface area contributed by atoms with Gasteiger partial charge in [-0.05, 0) is 31.6 Å². The molecular weight excluding hydrogens is 178 g/mol. The van der Waals surface area contributed by atoms with Crippen LogP contribution in [0.2, 0.25) is 0 Å². The standard InChI is InChI=1S/C11H15NO2/c1-2-14-10(13)4-3-9-7-11(5-6-11)8-12-9/h9,12H,2,5-8H2,1H3. The van der Waals surface area contributed by atoms with Crippen molar-refractivity contribution in [3.63, 3.8) is 0 Å². The minimum Gasteiger partial charge on any atom is -0.456 e. The molecule has 2 rings (SSSR count). The number of ether oxygens (including phenoxy) is 1. The Hall–Kier alpha value is -1.01. The first kappa shape index (κ1) is 9.54. The highest BCUT2D eigenvalue weighted by molar-refractivity contribution is 5.88. The normalized spacial score (nSPS) is 26.8. The predicted octanol–water partition coefficient (Wildman–Crippen LogP) is 0.695. The summed E-state index contributed by atoms with van der Waals surface area (Å²) >= 11 is 0. The number of hydrogen-bond acceptors (Lipinski definition) is 3. The molecule has 3 nitrogen and oxygen atoms in total. The lowest BCUT2D eigenvalue weighted by Gasteiger charge is -1.99. The molecule has 1 N–H and O–H groups in total. The summed E-state index contributed by atoms with van der Waals surface area (Å²) in [6.07, 6.45) is 3.73. The van der Waals surface area contributed by atoms with E-state index < -0.39 is 5.97 Å². The highest BCUT2D eigenvalue weighted by Gasteiger charge is 2.47. The second-order valence-electron chi connectivity index (χ2n) is 4.13. The van der Waals surface area contributed by atoms with Gasteiger partial charge in [-0.25, -0.2) is 4.79 Å². The van der Waals surface area contributed by atoms with Crippen LogP contribution in [0.5, 0.6) is 0 Å². The summed E-state index contributed by atoms with van der Waals surface area (Å²) in [4.78, 5) is 11.0. The SMILES string of the molecule is CCOC(=O)C#CC1CC2(CC2)CN1. The van der Waals surface area contributed by atoms with Crippen molar-refractivity contribution in [3.8, 4) is 11.8 Å². The zero-order valence-corrected chi connectivity index (χ0v) is 8.43. The average Bonchev–Trinajstić information content (AvgIpc) is 2.76. The molecule has 0 aromatic heterocycles. The highest BCUT2D eigenvalue weighted by Crippen LogP contribution is 2.51. The topological polar surface area (TPSA) is 38.3 Å². The van der Waals surface area contributed by atoms with Gasteiger partial charge in [0.1, 0.15) is 0 Å². The van der Waals surface area contributed by atoms with Crippen molar-refractivity contribution in [2.45, 2.75) is 32.2 Å². The number of esters is 1. The van der Waals surface area contributed by atoms with E-state index in [2.05, 4.69) is 17.2 Å². The largest absolute Gasteiger partial charge is 0.456 e. The maximum atomic E-state index is 11.0. The Labute approximate surface area is 84.2 Å². The van der Waals surface area contributed by atoms with Crippen LogP contribution in [0.15, 0.2) is 0 Å². The molecule has 1 spiro atoms. The van der Waals surface area contributed by atoms with E-state index >= 15 is 0 Å². The Morgan fingerprint density at radius 2 is 2.43 bits per heavy atom. The summed E-state index contributed by atoms with van der Waals surface area (Å²) in [5.41, 5.74) is 0.536. The van der Waals surface area contributed by atoms with Crippen LogP contribution in [-0.2, 0) is 9.53 Å². The van der Waals surface area contributed by atoms with Gasteiger partial charge in [-0.15, -0.1) is 0 Å². The summed E-state index contributed by atoms with van der Waals surface area (Å²) in [6.45, 7) is 3.25. The van der Waals surface area contributed by atoms with Gasteiger partial charge in [0.15, 0.2) is 0 Å². The monoisotopic (exact) mass is 193 g/mol. The fourth-order valence-electron chi connectivity index (χ4n) is 1.89. The maximum absolute atomic E-state index is 11.0. The number of hydrogen-bond donors (Lipinski definition) is 1. The van der Waals surface area contributed by atoms with Gasteiger partial charge in [0.2, 0.25) is 0 Å². The van der Waals surface area contributed by atoms with Crippen LogP contribution >= 0.6 is 0 Å². The molecule has 2 fully saturated rings. The van der Waals surface area contributed by atoms with Crippen LogP contribution < -0.4 is 5.32 Å². The molecule has 1 unspecified atom stereocenters. The van der Waals surface area contributed by atoms with Gasteiger partial charge in [0, 0.05) is 12.5 Å². The van der Waals surface area contributed by atoms with E-state index in [4.69, 9.17) is 4.74 Å². The van der Waals surface area contributed by atoms with E-state index in [1.165, 1.54) is 12.8 Å². The third-order valence-corrected chi connectivity index (χ3v) is 2.94. The molecule has 0 radical (unpaired) electrons. The molecule has 1 aliphatic heterocycles. The van der Waals surface area contributed by atoms with Crippen LogP contribution in [-0.4, -0.2) is 25.2 Å². The zero-order chi connectivity index (χ0) is 10.0. The van der Waals surface area contributed by atoms with E-state index in [9.17, 15) is 4.79 Å². The molecule has 0 bridgehead atoms. The van der Waals surface area contributed by atoms with Crippen molar-refractivity contribution < 1.29 is 9.53 Å². The molecule has 2 aliphatic rings. The zero-order valence-electron chi connectivity index (χ0n) is 8.43. The molecule has 1 atom stereocenters. The van der Waals surface area contributed by atoms with Crippen LogP contribution in [0.25, 0.3) is 0 Å². The van der Waals surface area contributed by atoms with Gasteiger partial charge >= 0.3 is 5.97 Å². The van der Waals surface area contributed by atoms with Crippen molar-refractivity contribution in [3.05, 3.63) is 0 Å².